The molecule has 13 aromatic rings. The third kappa shape index (κ3) is 7.62. The maximum atomic E-state index is 16.5. The summed E-state index contributed by atoms with van der Waals surface area (Å²) in [5, 5.41) is 3.76. The highest BCUT2D eigenvalue weighted by Gasteiger charge is 2.38. The van der Waals surface area contributed by atoms with Gasteiger partial charge in [-0.2, -0.15) is 13.2 Å². The van der Waals surface area contributed by atoms with Gasteiger partial charge in [0.15, 0.2) is 17.5 Å². The van der Waals surface area contributed by atoms with Crippen molar-refractivity contribution < 1.29 is 13.2 Å². The number of halogens is 3. The number of para-hydroxylation sites is 2. The predicted octanol–water partition coefficient (Wildman–Crippen LogP) is 17.7. The van der Waals surface area contributed by atoms with E-state index in [0.717, 1.165) is 88.1 Å². The lowest BCUT2D eigenvalue weighted by molar-refractivity contribution is -0.137. The number of alkyl halides is 3. The first-order valence-corrected chi connectivity index (χ1v) is 24.6. The van der Waals surface area contributed by atoms with E-state index in [2.05, 4.69) is 97.3 Å². The lowest BCUT2D eigenvalue weighted by Gasteiger charge is -2.24. The number of hydrogen-bond donors (Lipinski definition) is 0. The van der Waals surface area contributed by atoms with Crippen molar-refractivity contribution in [3.63, 3.8) is 0 Å². The number of hydrogen-bond acceptors (Lipinski definition) is 3. The first-order chi connectivity index (χ1) is 36.2. The number of nitrogens with zero attached hydrogens (tertiary/aromatic N) is 5. The number of aromatic nitrogens is 5. The Morgan fingerprint density at radius 2 is 0.730 bits per heavy atom. The smallest absolute Gasteiger partial charge is 0.309 e. The molecule has 74 heavy (non-hydrogen) atoms. The molecule has 0 bridgehead atoms. The molecular formula is C66H44F3N5. The van der Waals surface area contributed by atoms with Gasteiger partial charge in [0.2, 0.25) is 0 Å². The molecule has 5 nitrogen and oxygen atoms in total. The van der Waals surface area contributed by atoms with Gasteiger partial charge in [-0.05, 0) is 90.7 Å². The van der Waals surface area contributed by atoms with Crippen LogP contribution in [-0.4, -0.2) is 24.1 Å². The van der Waals surface area contributed by atoms with E-state index in [-0.39, 0.29) is 11.4 Å². The molecule has 0 radical (unpaired) electrons. The second kappa shape index (κ2) is 17.7. The summed E-state index contributed by atoms with van der Waals surface area (Å²) in [6.07, 6.45) is -4.81. The summed E-state index contributed by atoms with van der Waals surface area (Å²) >= 11 is 0. The highest BCUT2D eigenvalue weighted by atomic mass is 19.4. The molecule has 3 heterocycles. The van der Waals surface area contributed by atoms with Crippen molar-refractivity contribution in [3.05, 3.63) is 247 Å². The topological polar surface area (TPSA) is 48.5 Å². The van der Waals surface area contributed by atoms with Gasteiger partial charge in [-0.25, -0.2) is 15.0 Å². The van der Waals surface area contributed by atoms with Gasteiger partial charge in [0.1, 0.15) is 0 Å². The van der Waals surface area contributed by atoms with Crippen molar-refractivity contribution in [1.82, 2.24) is 24.1 Å². The molecule has 0 saturated carbocycles. The highest BCUT2D eigenvalue weighted by molar-refractivity contribution is 6.13. The minimum absolute atomic E-state index is 0.0127. The number of benzene rings is 10. The molecule has 0 N–H and O–H groups in total. The Morgan fingerprint density at radius 3 is 1.23 bits per heavy atom. The van der Waals surface area contributed by atoms with E-state index in [4.69, 9.17) is 15.0 Å². The van der Waals surface area contributed by atoms with Crippen LogP contribution in [0.25, 0.3) is 123 Å². The molecule has 8 heteroatoms. The van der Waals surface area contributed by atoms with Crippen molar-refractivity contribution in [1.29, 1.82) is 0 Å². The van der Waals surface area contributed by atoms with Crippen LogP contribution in [0.3, 0.4) is 0 Å². The largest absolute Gasteiger partial charge is 0.417 e. The van der Waals surface area contributed by atoms with Crippen LogP contribution in [0.4, 0.5) is 13.2 Å². The Labute approximate surface area is 425 Å². The molecule has 0 amide bonds. The molecule has 354 valence electrons. The summed E-state index contributed by atoms with van der Waals surface area (Å²) in [5.41, 5.74) is 11.9. The lowest BCUT2D eigenvalue weighted by Crippen LogP contribution is -2.12. The number of fused-ring (bicyclic) bond motifs is 6. The van der Waals surface area contributed by atoms with Crippen LogP contribution in [0, 0.1) is 13.8 Å². The summed E-state index contributed by atoms with van der Waals surface area (Å²) in [4.78, 5) is 15.4. The van der Waals surface area contributed by atoms with E-state index in [9.17, 15) is 0 Å². The van der Waals surface area contributed by atoms with Gasteiger partial charge in [0, 0.05) is 49.4 Å². The van der Waals surface area contributed by atoms with Gasteiger partial charge in [-0.1, -0.05) is 187 Å². The van der Waals surface area contributed by atoms with Crippen molar-refractivity contribution in [2.75, 3.05) is 0 Å². The van der Waals surface area contributed by atoms with Crippen molar-refractivity contribution >= 4 is 43.6 Å². The minimum atomic E-state index is -4.81. The van der Waals surface area contributed by atoms with Crippen molar-refractivity contribution in [3.8, 4) is 78.9 Å². The molecule has 10 aromatic carbocycles. The number of aryl methyl sites for hydroxylation is 2. The standard InChI is InChI=1S/C66H44F3N5/c1-41-17-13-23-45(37-41)47-33-35-57-52(39-47)49-25-9-11-29-55(49)73(57)59-31-15-27-51(65-71-63(43-19-5-3-6-20-43)70-64(72-65)44-21-7-4-8-22-44)61(59)62-54(66(67,68)69)28-16-32-60(62)74-56-30-12-10-26-50(56)53-40-48(34-36-58(53)74)46-24-14-18-42(2)38-46/h3-40H,1-2H3. The third-order valence-corrected chi connectivity index (χ3v) is 14.1. The molecule has 0 unspecified atom stereocenters. The van der Waals surface area contributed by atoms with Crippen LogP contribution < -0.4 is 0 Å². The SMILES string of the molecule is Cc1cccc(-c2ccc3c(c2)c2ccccc2n3-c2cccc(-c3nc(-c4ccccc4)nc(-c4ccccc4)n3)c2-c2c(-n3c4ccccc4c4cc(-c5cccc(C)c5)ccc43)cccc2C(F)(F)F)c1. The fraction of sp³-hybridized carbons (Fsp3) is 0.0455. The van der Waals surface area contributed by atoms with E-state index in [0.29, 0.717) is 34.2 Å². The Bertz CT molecular complexity index is 4270. The monoisotopic (exact) mass is 963 g/mol. The quantitative estimate of drug-likeness (QED) is 0.152. The molecule has 0 aliphatic heterocycles. The Balaban J connectivity index is 1.17. The molecular weight excluding hydrogens is 920 g/mol. The normalized spacial score (nSPS) is 11.9. The molecule has 3 aromatic heterocycles. The Kier molecular flexibility index (Phi) is 10.7. The average Bonchev–Trinajstić information content (AvgIpc) is 3.96. The second-order valence-electron chi connectivity index (χ2n) is 18.8. The Hall–Kier alpha value is -9.40. The molecule has 0 fully saturated rings. The summed E-state index contributed by atoms with van der Waals surface area (Å²) in [5.74, 6) is 1.01. The minimum Gasteiger partial charge on any atom is -0.309 e. The van der Waals surface area contributed by atoms with Crippen LogP contribution in [0.1, 0.15) is 16.7 Å². The van der Waals surface area contributed by atoms with E-state index in [1.807, 2.05) is 144 Å². The number of rotatable bonds is 8. The maximum absolute atomic E-state index is 16.5. The maximum Gasteiger partial charge on any atom is 0.417 e. The fourth-order valence-electron chi connectivity index (χ4n) is 10.8. The first-order valence-electron chi connectivity index (χ1n) is 24.6. The van der Waals surface area contributed by atoms with Crippen LogP contribution in [0.15, 0.2) is 231 Å². The molecule has 13 rings (SSSR count). The Morgan fingerprint density at radius 1 is 0.324 bits per heavy atom. The van der Waals surface area contributed by atoms with Crippen molar-refractivity contribution in [2.24, 2.45) is 0 Å². The summed E-state index contributed by atoms with van der Waals surface area (Å²) in [6.45, 7) is 4.15. The van der Waals surface area contributed by atoms with E-state index < -0.39 is 11.7 Å². The zero-order valence-electron chi connectivity index (χ0n) is 40.3. The summed E-state index contributed by atoms with van der Waals surface area (Å²) in [6, 6.07) is 74.8. The van der Waals surface area contributed by atoms with Gasteiger partial charge in [0.25, 0.3) is 0 Å². The molecule has 0 spiro atoms. The molecule has 0 aliphatic carbocycles. The molecule has 0 saturated heterocycles. The predicted molar refractivity (Wildman–Crippen MR) is 296 cm³/mol. The van der Waals surface area contributed by atoms with Crippen LogP contribution in [-0.2, 0) is 6.18 Å². The van der Waals surface area contributed by atoms with Crippen LogP contribution >= 0.6 is 0 Å². The molecule has 0 atom stereocenters. The first kappa shape index (κ1) is 44.5. The van der Waals surface area contributed by atoms with Gasteiger partial charge >= 0.3 is 6.18 Å². The highest BCUT2D eigenvalue weighted by Crippen LogP contribution is 2.49. The molecule has 0 aliphatic rings. The zero-order valence-corrected chi connectivity index (χ0v) is 40.3. The average molecular weight is 964 g/mol. The fourth-order valence-corrected chi connectivity index (χ4v) is 10.8. The van der Waals surface area contributed by atoms with Crippen LogP contribution in [0.2, 0.25) is 0 Å². The van der Waals surface area contributed by atoms with Gasteiger partial charge in [0.05, 0.1) is 39.0 Å². The zero-order chi connectivity index (χ0) is 50.1. The summed E-state index contributed by atoms with van der Waals surface area (Å²) in [7, 11) is 0. The summed E-state index contributed by atoms with van der Waals surface area (Å²) < 4.78 is 53.7. The van der Waals surface area contributed by atoms with Crippen LogP contribution in [0.5, 0.6) is 0 Å². The second-order valence-corrected chi connectivity index (χ2v) is 18.8. The van der Waals surface area contributed by atoms with E-state index >= 15 is 13.2 Å². The van der Waals surface area contributed by atoms with E-state index in [1.54, 1.807) is 0 Å². The van der Waals surface area contributed by atoms with E-state index in [1.165, 1.54) is 12.1 Å². The van der Waals surface area contributed by atoms with Gasteiger partial charge < -0.3 is 9.13 Å². The van der Waals surface area contributed by atoms with Crippen molar-refractivity contribution in [2.45, 2.75) is 20.0 Å². The third-order valence-electron chi connectivity index (χ3n) is 14.1. The van der Waals surface area contributed by atoms with Gasteiger partial charge in [-0.15, -0.1) is 0 Å². The lowest BCUT2D eigenvalue weighted by atomic mass is 9.90. The van der Waals surface area contributed by atoms with Gasteiger partial charge in [-0.3, -0.25) is 0 Å².